The van der Waals surface area contributed by atoms with Gasteiger partial charge in [0.15, 0.2) is 0 Å². The number of nitrogens with one attached hydrogen (secondary N) is 3. The standard InChI is InChI=1S/C12H17NO.C9H19NO.C8H17NO.C8H18O2S.C8H18O.C7H14O2.C5H9F3.C4H10O/c1-12(2,3)11(14)13-9-10-7-5-4-6-8-10;1-6-7(2)10-8(11)9(3,4)5;1-6(2)7(10)9-8(3,4)5;1-7(2)6-11-10-9-8(3,4)5;1-7(2)6-9-8(3,4)5;1-5-9-6(8)7(2,3)4;1-4(2,3)5(6,7)8;1-4(2,3)5/h4-8H,9H2,1-3H3,(H,13,14);7H,6H2,1-5H3,(H,10,11);6H,1-5H3,(H,9,10);7H,6H2,1-5H3;7H,6H2,1-5H3;5H2,1-4H3;1-3H3;5H,1-3H3. The second kappa shape index (κ2) is 41.1. The first-order valence-corrected chi connectivity index (χ1v) is 28.2. The van der Waals surface area contributed by atoms with Crippen LogP contribution in [0.5, 0.6) is 0 Å². The highest BCUT2D eigenvalue weighted by atomic mass is 32.2. The maximum absolute atomic E-state index is 11.6. The molecule has 1 rings (SSSR count). The molecule has 4 N–H and O–H groups in total. The average molecular weight is 1130 g/mol. The molecule has 0 aromatic heterocycles. The number of hydrogen-bond donors (Lipinski definition) is 4. The van der Waals surface area contributed by atoms with Crippen molar-refractivity contribution in [3.63, 3.8) is 0 Å². The molecule has 0 aliphatic carbocycles. The molecule has 0 bridgehead atoms. The van der Waals surface area contributed by atoms with Crippen LogP contribution in [0.1, 0.15) is 240 Å². The molecule has 0 fully saturated rings. The molecule has 0 aliphatic heterocycles. The van der Waals surface area contributed by atoms with Crippen LogP contribution in [-0.4, -0.2) is 82.3 Å². The van der Waals surface area contributed by atoms with Crippen molar-refractivity contribution in [1.29, 1.82) is 0 Å². The lowest BCUT2D eigenvalue weighted by Crippen LogP contribution is -2.42. The minimum Gasteiger partial charge on any atom is -0.466 e. The van der Waals surface area contributed by atoms with Gasteiger partial charge >= 0.3 is 12.1 Å². The van der Waals surface area contributed by atoms with E-state index in [2.05, 4.69) is 71.3 Å². The van der Waals surface area contributed by atoms with Gasteiger partial charge in [0, 0.05) is 59.3 Å². The van der Waals surface area contributed by atoms with Gasteiger partial charge in [-0.05, 0) is 142 Å². The van der Waals surface area contributed by atoms with Gasteiger partial charge in [0.1, 0.15) is 0 Å². The van der Waals surface area contributed by atoms with Gasteiger partial charge in [-0.25, -0.2) is 4.89 Å². The van der Waals surface area contributed by atoms with Crippen LogP contribution in [0.2, 0.25) is 0 Å². The summed E-state index contributed by atoms with van der Waals surface area (Å²) in [5.74, 6) is 2.54. The van der Waals surface area contributed by atoms with Crippen LogP contribution in [0.3, 0.4) is 0 Å². The van der Waals surface area contributed by atoms with Crippen LogP contribution in [0.4, 0.5) is 13.2 Å². The van der Waals surface area contributed by atoms with Gasteiger partial charge in [-0.2, -0.15) is 17.5 Å². The molecule has 77 heavy (non-hydrogen) atoms. The van der Waals surface area contributed by atoms with Crippen molar-refractivity contribution in [2.45, 2.75) is 276 Å². The highest BCUT2D eigenvalue weighted by Gasteiger charge is 2.43. The number of esters is 1. The summed E-state index contributed by atoms with van der Waals surface area (Å²) in [6.07, 6.45) is -3.07. The Labute approximate surface area is 476 Å². The zero-order valence-corrected chi connectivity index (χ0v) is 56.3. The first-order chi connectivity index (χ1) is 33.8. The Morgan fingerprint density at radius 1 is 0.610 bits per heavy atom. The van der Waals surface area contributed by atoms with Crippen LogP contribution in [-0.2, 0) is 44.4 Å². The van der Waals surface area contributed by atoms with Crippen molar-refractivity contribution in [1.82, 2.24) is 16.0 Å². The zero-order chi connectivity index (χ0) is 63.4. The third-order valence-electron chi connectivity index (χ3n) is 7.99. The van der Waals surface area contributed by atoms with E-state index in [1.54, 1.807) is 20.8 Å². The Hall–Kier alpha value is -2.92. The fourth-order valence-electron chi connectivity index (χ4n) is 3.15. The Morgan fingerprint density at radius 3 is 1.23 bits per heavy atom. The van der Waals surface area contributed by atoms with E-state index < -0.39 is 17.2 Å². The summed E-state index contributed by atoms with van der Waals surface area (Å²) in [7, 11) is 0. The average Bonchev–Trinajstić information content (AvgIpc) is 3.19. The van der Waals surface area contributed by atoms with Crippen molar-refractivity contribution in [2.24, 2.45) is 39.4 Å². The zero-order valence-electron chi connectivity index (χ0n) is 55.5. The summed E-state index contributed by atoms with van der Waals surface area (Å²) in [5, 5.41) is 17.2. The second-order valence-corrected chi connectivity index (χ2v) is 28.7. The number of rotatable bonds is 12. The molecule has 1 aromatic carbocycles. The Bertz CT molecular complexity index is 1620. The highest BCUT2D eigenvalue weighted by Crippen LogP contribution is 2.36. The van der Waals surface area contributed by atoms with Crippen molar-refractivity contribution in [3.8, 4) is 0 Å². The van der Waals surface area contributed by atoms with E-state index >= 15 is 0 Å². The van der Waals surface area contributed by atoms with Gasteiger partial charge in [-0.15, -0.1) is 0 Å². The summed E-state index contributed by atoms with van der Waals surface area (Å²) in [4.78, 5) is 49.8. The van der Waals surface area contributed by atoms with Crippen LogP contribution in [0.25, 0.3) is 0 Å². The SMILES string of the molecule is CC(C)(C)C(=O)NCc1ccccc1.CC(C)(C)C(F)(F)F.CC(C)(C)O.CC(C)C(=O)NC(C)(C)C.CC(C)COC(C)(C)C.CC(C)CSOOC(C)(C)C.CCC(C)NC(=O)C(C)(C)C.CCOC(=O)C(C)(C)C. The smallest absolute Gasteiger partial charge is 0.393 e. The lowest BCUT2D eigenvalue weighted by Gasteiger charge is -2.21. The predicted molar refractivity (Wildman–Crippen MR) is 321 cm³/mol. The molecule has 0 radical (unpaired) electrons. The topological polar surface area (TPSA) is 162 Å². The molecule has 1 atom stereocenters. The third kappa shape index (κ3) is 77.4. The largest absolute Gasteiger partial charge is 0.466 e. The van der Waals surface area contributed by atoms with Crippen LogP contribution in [0.15, 0.2) is 30.3 Å². The number of aliphatic hydroxyl groups is 1. The predicted octanol–water partition coefficient (Wildman–Crippen LogP) is 16.3. The van der Waals surface area contributed by atoms with Crippen LogP contribution < -0.4 is 16.0 Å². The molecule has 12 nitrogen and oxygen atoms in total. The number of halogens is 3. The van der Waals surface area contributed by atoms with Gasteiger partial charge in [-0.3, -0.25) is 19.2 Å². The van der Waals surface area contributed by atoms with Gasteiger partial charge in [-0.1, -0.05) is 141 Å². The summed E-state index contributed by atoms with van der Waals surface area (Å²) < 4.78 is 49.9. The number of carbonyl (C=O) groups excluding carboxylic acids is 4. The number of alkyl halides is 3. The van der Waals surface area contributed by atoms with E-state index in [1.165, 1.54) is 12.0 Å². The Kier molecular flexibility index (Phi) is 47.0. The normalized spacial score (nSPS) is 12.4. The number of carbonyl (C=O) groups is 4. The molecular weight excluding hydrogens is 1010 g/mol. The summed E-state index contributed by atoms with van der Waals surface area (Å²) in [5.41, 5.74) is -2.12. The Balaban J connectivity index is -0.000000147. The first kappa shape index (κ1) is 87.9. The number of ether oxygens (including phenoxy) is 2. The monoisotopic (exact) mass is 1130 g/mol. The maximum Gasteiger partial charge on any atom is 0.393 e. The molecule has 0 heterocycles. The van der Waals surface area contributed by atoms with Crippen molar-refractivity contribution in [3.05, 3.63) is 35.9 Å². The molecule has 0 aliphatic rings. The summed E-state index contributed by atoms with van der Waals surface area (Å²) in [6, 6.07) is 10.2. The van der Waals surface area contributed by atoms with Crippen molar-refractivity contribution >= 4 is 35.7 Å². The molecule has 1 aromatic rings. The summed E-state index contributed by atoms with van der Waals surface area (Å²) >= 11 is 1.37. The van der Waals surface area contributed by atoms with E-state index in [0.29, 0.717) is 31.0 Å². The van der Waals surface area contributed by atoms with E-state index in [9.17, 15) is 32.3 Å². The van der Waals surface area contributed by atoms with E-state index in [4.69, 9.17) is 23.8 Å². The molecule has 1 unspecified atom stereocenters. The molecule has 0 saturated carbocycles. The lowest BCUT2D eigenvalue weighted by molar-refractivity contribution is -0.262. The number of amides is 3. The third-order valence-corrected chi connectivity index (χ3v) is 8.96. The minimum absolute atomic E-state index is 0.0320. The lowest BCUT2D eigenvalue weighted by atomic mass is 9.95. The van der Waals surface area contributed by atoms with E-state index in [-0.39, 0.29) is 62.6 Å². The first-order valence-electron chi connectivity index (χ1n) is 27.3. The number of benzene rings is 1. The molecular formula is C61H122F3N3O9S. The van der Waals surface area contributed by atoms with Gasteiger partial charge < -0.3 is 30.5 Å². The minimum atomic E-state index is -4.06. The molecule has 3 amide bonds. The fraction of sp³-hybridized carbons (Fsp3) is 0.836. The Morgan fingerprint density at radius 2 is 1.01 bits per heavy atom. The molecule has 462 valence electrons. The molecule has 0 spiro atoms. The maximum atomic E-state index is 11.6. The highest BCUT2D eigenvalue weighted by molar-refractivity contribution is 7.94. The van der Waals surface area contributed by atoms with Gasteiger partial charge in [0.25, 0.3) is 0 Å². The quantitative estimate of drug-likeness (QED) is 0.0521. The second-order valence-electron chi connectivity index (χ2n) is 28.0. The fourth-order valence-corrected chi connectivity index (χ4v) is 3.73. The summed E-state index contributed by atoms with van der Waals surface area (Å²) in [6.45, 7) is 64.0. The van der Waals surface area contributed by atoms with Crippen molar-refractivity contribution < 1.29 is 56.2 Å². The van der Waals surface area contributed by atoms with Crippen molar-refractivity contribution in [2.75, 3.05) is 19.0 Å². The van der Waals surface area contributed by atoms with Crippen LogP contribution >= 0.6 is 12.0 Å². The number of hydrogen-bond acceptors (Lipinski definition) is 10. The van der Waals surface area contributed by atoms with Gasteiger partial charge in [0.05, 0.1) is 34.2 Å². The van der Waals surface area contributed by atoms with E-state index in [1.807, 2.05) is 162 Å². The molecule has 0 saturated heterocycles. The molecule has 16 heteroatoms. The van der Waals surface area contributed by atoms with Gasteiger partial charge in [0.2, 0.25) is 17.7 Å². The van der Waals surface area contributed by atoms with E-state index in [0.717, 1.165) is 45.1 Å². The van der Waals surface area contributed by atoms with Crippen LogP contribution in [0, 0.1) is 39.4 Å².